The van der Waals surface area contributed by atoms with E-state index in [0.717, 1.165) is 30.4 Å². The molecule has 1 aliphatic rings. The van der Waals surface area contributed by atoms with Crippen LogP contribution in [0.2, 0.25) is 0 Å². The number of nitro groups is 1. The molecule has 2 aromatic carbocycles. The summed E-state index contributed by atoms with van der Waals surface area (Å²) in [4.78, 5) is 28.9. The van der Waals surface area contributed by atoms with Gasteiger partial charge in [-0.15, -0.1) is 13.2 Å². The predicted molar refractivity (Wildman–Crippen MR) is 121 cm³/mol. The van der Waals surface area contributed by atoms with Crippen LogP contribution in [-0.2, 0) is 6.18 Å². The van der Waals surface area contributed by atoms with Crippen LogP contribution < -0.4 is 19.9 Å². The number of ether oxygens (including phenoxy) is 2. The van der Waals surface area contributed by atoms with E-state index in [1.54, 1.807) is 4.90 Å². The Labute approximate surface area is 208 Å². The van der Waals surface area contributed by atoms with Gasteiger partial charge in [-0.1, -0.05) is 11.3 Å². The van der Waals surface area contributed by atoms with Gasteiger partial charge in [0.15, 0.2) is 5.13 Å². The van der Waals surface area contributed by atoms with Gasteiger partial charge in [0.2, 0.25) is 0 Å². The van der Waals surface area contributed by atoms with E-state index in [1.807, 2.05) is 0 Å². The number of fused-ring (bicyclic) bond motifs is 1. The van der Waals surface area contributed by atoms with Gasteiger partial charge in [-0.2, -0.15) is 18.2 Å². The van der Waals surface area contributed by atoms with Crippen molar-refractivity contribution in [2.75, 3.05) is 18.0 Å². The molecule has 37 heavy (non-hydrogen) atoms. The Morgan fingerprint density at radius 2 is 1.68 bits per heavy atom. The summed E-state index contributed by atoms with van der Waals surface area (Å²) >= 11 is 0.766. The highest BCUT2D eigenvalue weighted by Crippen LogP contribution is 2.42. The van der Waals surface area contributed by atoms with Crippen molar-refractivity contribution in [3.8, 4) is 11.5 Å². The van der Waals surface area contributed by atoms with Gasteiger partial charge >= 0.3 is 12.5 Å². The fraction of sp³-hybridized carbons (Fsp3) is 0.364. The molecule has 3 aromatic rings. The fourth-order valence-electron chi connectivity index (χ4n) is 3.99. The Bertz CT molecular complexity index is 1380. The number of halogens is 6. The molecule has 8 nitrogen and oxygen atoms in total. The molecule has 1 saturated heterocycles. The van der Waals surface area contributed by atoms with Crippen LogP contribution in [0.25, 0.3) is 10.1 Å². The quantitative estimate of drug-likeness (QED) is 0.224. The van der Waals surface area contributed by atoms with Crippen molar-refractivity contribution in [2.24, 2.45) is 0 Å². The highest BCUT2D eigenvalue weighted by Gasteiger charge is 2.38. The van der Waals surface area contributed by atoms with Crippen molar-refractivity contribution in [3.63, 3.8) is 0 Å². The van der Waals surface area contributed by atoms with E-state index in [9.17, 15) is 41.3 Å². The monoisotopic (exact) mass is 549 g/mol. The van der Waals surface area contributed by atoms with Crippen molar-refractivity contribution >= 4 is 32.2 Å². The van der Waals surface area contributed by atoms with E-state index in [1.165, 1.54) is 12.1 Å². The molecule has 0 unspecified atom stereocenters. The minimum absolute atomic E-state index is 0.131. The van der Waals surface area contributed by atoms with E-state index in [0.29, 0.717) is 37.7 Å². The molecule has 0 bridgehead atoms. The minimum atomic E-state index is -4.88. The Hall–Kier alpha value is -3.62. The summed E-state index contributed by atoms with van der Waals surface area (Å²) in [6.45, 7) is 1.63. The Morgan fingerprint density at radius 1 is 1.08 bits per heavy atom. The number of nitrogens with zero attached hydrogens (tertiary/aromatic N) is 3. The van der Waals surface area contributed by atoms with Gasteiger partial charge in [-0.05, 0) is 37.3 Å². The first-order valence-corrected chi connectivity index (χ1v) is 11.5. The lowest BCUT2D eigenvalue weighted by Crippen LogP contribution is -2.39. The largest absolute Gasteiger partial charge is 0.573 e. The number of aromatic nitrogens is 1. The second kappa shape index (κ2) is 9.68. The molecule has 198 valence electrons. The first-order valence-electron chi connectivity index (χ1n) is 10.7. The molecule has 0 radical (unpaired) electrons. The maximum absolute atomic E-state index is 13.4. The van der Waals surface area contributed by atoms with Gasteiger partial charge in [0.1, 0.15) is 22.3 Å². The average Bonchev–Trinajstić information content (AvgIpc) is 2.78. The lowest BCUT2D eigenvalue weighted by molar-refractivity contribution is -0.383. The zero-order valence-corrected chi connectivity index (χ0v) is 19.7. The van der Waals surface area contributed by atoms with E-state index in [2.05, 4.69) is 9.72 Å². The van der Waals surface area contributed by atoms with Crippen molar-refractivity contribution in [1.82, 2.24) is 4.98 Å². The van der Waals surface area contributed by atoms with Crippen molar-refractivity contribution < 1.29 is 40.7 Å². The molecule has 0 spiro atoms. The summed E-state index contributed by atoms with van der Waals surface area (Å²) in [5, 5.41) is 11.3. The van der Waals surface area contributed by atoms with Gasteiger partial charge in [0.05, 0.1) is 15.9 Å². The number of alkyl halides is 6. The lowest BCUT2D eigenvalue weighted by Gasteiger charge is -2.32. The van der Waals surface area contributed by atoms with Crippen LogP contribution in [0.1, 0.15) is 24.0 Å². The molecular formula is C22H17F6N3O5S. The number of hydrogen-bond acceptors (Lipinski definition) is 8. The maximum atomic E-state index is 13.4. The Morgan fingerprint density at radius 3 is 2.22 bits per heavy atom. The first-order chi connectivity index (χ1) is 17.2. The molecule has 1 fully saturated rings. The second-order valence-corrected chi connectivity index (χ2v) is 9.13. The van der Waals surface area contributed by atoms with Crippen molar-refractivity contribution in [1.29, 1.82) is 0 Å². The molecule has 0 atom stereocenters. The van der Waals surface area contributed by atoms with E-state index >= 15 is 0 Å². The fourth-order valence-corrected chi connectivity index (χ4v) is 5.20. The highest BCUT2D eigenvalue weighted by molar-refractivity contribution is 7.22. The normalized spacial score (nSPS) is 15.2. The molecule has 0 saturated carbocycles. The zero-order valence-electron chi connectivity index (χ0n) is 18.9. The molecule has 15 heteroatoms. The number of hydrogen-bond donors (Lipinski definition) is 0. The van der Waals surface area contributed by atoms with Crippen LogP contribution in [0.3, 0.4) is 0 Å². The van der Waals surface area contributed by atoms with Crippen molar-refractivity contribution in [3.05, 3.63) is 61.9 Å². The third-order valence-electron chi connectivity index (χ3n) is 5.69. The summed E-state index contributed by atoms with van der Waals surface area (Å²) in [7, 11) is 0. The highest BCUT2D eigenvalue weighted by atomic mass is 32.1. The van der Waals surface area contributed by atoms with Gasteiger partial charge < -0.3 is 14.4 Å². The molecular weight excluding hydrogens is 532 g/mol. The van der Waals surface area contributed by atoms with Crippen LogP contribution in [0.15, 0.2) is 35.1 Å². The van der Waals surface area contributed by atoms with E-state index in [-0.39, 0.29) is 15.9 Å². The Kier molecular flexibility index (Phi) is 6.92. The molecule has 0 N–H and O–H groups in total. The molecule has 1 aliphatic heterocycles. The Balaban J connectivity index is 1.52. The van der Waals surface area contributed by atoms with E-state index < -0.39 is 51.0 Å². The van der Waals surface area contributed by atoms with Crippen LogP contribution in [0, 0.1) is 17.0 Å². The summed E-state index contributed by atoms with van der Waals surface area (Å²) in [6, 6.07) is 5.50. The van der Waals surface area contributed by atoms with Crippen LogP contribution in [0.5, 0.6) is 11.5 Å². The summed E-state index contributed by atoms with van der Waals surface area (Å²) in [5.41, 5.74) is -3.64. The van der Waals surface area contributed by atoms with Gasteiger partial charge in [0, 0.05) is 31.5 Å². The lowest BCUT2D eigenvalue weighted by atomic mass is 10.0. The van der Waals surface area contributed by atoms with E-state index in [4.69, 9.17) is 4.74 Å². The second-order valence-electron chi connectivity index (χ2n) is 8.15. The third-order valence-corrected chi connectivity index (χ3v) is 6.84. The number of nitro benzene ring substituents is 1. The smallest absolute Gasteiger partial charge is 0.490 e. The molecule has 4 rings (SSSR count). The number of rotatable bonds is 5. The molecule has 0 aliphatic carbocycles. The molecule has 2 heterocycles. The summed E-state index contributed by atoms with van der Waals surface area (Å²) < 4.78 is 86.4. The van der Waals surface area contributed by atoms with Gasteiger partial charge in [-0.3, -0.25) is 14.9 Å². The minimum Gasteiger partial charge on any atom is -0.490 e. The number of piperidine rings is 1. The molecule has 0 amide bonds. The topological polar surface area (TPSA) is 94.8 Å². The van der Waals surface area contributed by atoms with Gasteiger partial charge in [-0.25, -0.2) is 0 Å². The maximum Gasteiger partial charge on any atom is 0.573 e. The van der Waals surface area contributed by atoms with Gasteiger partial charge in [0.25, 0.3) is 11.2 Å². The zero-order chi connectivity index (χ0) is 27.1. The molecule has 1 aromatic heterocycles. The predicted octanol–water partition coefficient (Wildman–Crippen LogP) is 5.84. The SMILES string of the molecule is Cc1c(C(F)(F)F)cc2c(=O)nc(N3CCC(Oc4ccc(OC(F)(F)F)cc4)CC3)sc2c1[N+](=O)[O-]. The number of anilines is 1. The van der Waals surface area contributed by atoms with Crippen LogP contribution >= 0.6 is 11.3 Å². The van der Waals surface area contributed by atoms with Crippen LogP contribution in [-0.4, -0.2) is 35.5 Å². The van der Waals surface area contributed by atoms with Crippen molar-refractivity contribution in [2.45, 2.75) is 38.4 Å². The van der Waals surface area contributed by atoms with Crippen LogP contribution in [0.4, 0.5) is 37.2 Å². The third kappa shape index (κ3) is 5.87. The standard InChI is InChI=1S/C22H17F6N3O5S/c1-11-16(21(23,24)25)10-15-18(17(11)31(33)34)37-20(29-19(15)32)30-8-6-13(7-9-30)35-12-2-4-14(5-3-12)36-22(26,27)28/h2-5,10,13H,6-9H2,1H3. The number of benzene rings is 2. The first kappa shape index (κ1) is 26.4. The summed E-state index contributed by atoms with van der Waals surface area (Å²) in [5.74, 6) is -0.0633. The average molecular weight is 549 g/mol. The summed E-state index contributed by atoms with van der Waals surface area (Å²) in [6.07, 6.45) is -9.15.